The Kier molecular flexibility index (Phi) is 5.68. The maximum atomic E-state index is 14.0. The van der Waals surface area contributed by atoms with Gasteiger partial charge in [0.05, 0.1) is 21.3 Å². The summed E-state index contributed by atoms with van der Waals surface area (Å²) >= 11 is 23.4. The van der Waals surface area contributed by atoms with Crippen LogP contribution >= 0.6 is 46.4 Å². The van der Waals surface area contributed by atoms with Gasteiger partial charge in [-0.25, -0.2) is 4.39 Å². The zero-order valence-electron chi connectivity index (χ0n) is 13.8. The first-order valence-electron chi connectivity index (χ1n) is 7.64. The first kappa shape index (κ1) is 20.0. The van der Waals surface area contributed by atoms with Gasteiger partial charge in [0.1, 0.15) is 5.69 Å². The molecule has 0 saturated carbocycles. The first-order valence-corrected chi connectivity index (χ1v) is 9.15. The number of alkyl halides is 3. The molecule has 27 heavy (non-hydrogen) atoms. The second-order valence-electron chi connectivity index (χ2n) is 5.67. The van der Waals surface area contributed by atoms with Crippen molar-refractivity contribution >= 4 is 58.0 Å². The third-order valence-electron chi connectivity index (χ3n) is 3.76. The molecule has 4 nitrogen and oxygen atoms in total. The van der Waals surface area contributed by atoms with Crippen molar-refractivity contribution in [2.24, 2.45) is 7.05 Å². The number of carbonyl (C=O) groups is 1. The average molecular weight is 447 g/mol. The van der Waals surface area contributed by atoms with E-state index in [9.17, 15) is 9.18 Å². The van der Waals surface area contributed by atoms with Crippen LogP contribution in [0.5, 0.6) is 0 Å². The van der Waals surface area contributed by atoms with Crippen molar-refractivity contribution in [3.63, 3.8) is 0 Å². The van der Waals surface area contributed by atoms with E-state index in [1.165, 1.54) is 17.9 Å². The standard InChI is InChI=1S/C18H12Cl4FN3O/c1-26-9-12(16(25-26)18(21,22)23)17(27)24-15-11(7-8-13(19)14(15)20)10-5-3-2-4-6-10/h2-9H,1H3,(H,24,27). The molecule has 140 valence electrons. The van der Waals surface area contributed by atoms with E-state index in [1.807, 2.05) is 30.3 Å². The number of nitrogens with zero attached hydrogens (tertiary/aromatic N) is 2. The fourth-order valence-electron chi connectivity index (χ4n) is 2.58. The quantitative estimate of drug-likeness (QED) is 0.484. The van der Waals surface area contributed by atoms with Crippen LogP contribution < -0.4 is 5.32 Å². The van der Waals surface area contributed by atoms with E-state index in [-0.39, 0.29) is 21.3 Å². The lowest BCUT2D eigenvalue weighted by Gasteiger charge is -2.15. The second kappa shape index (κ2) is 7.68. The van der Waals surface area contributed by atoms with Gasteiger partial charge >= 0.3 is 4.59 Å². The second-order valence-corrected chi connectivity index (χ2v) is 7.69. The Morgan fingerprint density at radius 2 is 1.81 bits per heavy atom. The van der Waals surface area contributed by atoms with Crippen molar-refractivity contribution < 1.29 is 9.18 Å². The summed E-state index contributed by atoms with van der Waals surface area (Å²) in [6.45, 7) is 0. The molecule has 1 heterocycles. The van der Waals surface area contributed by atoms with Crippen molar-refractivity contribution in [1.29, 1.82) is 0 Å². The Labute approximate surface area is 174 Å². The average Bonchev–Trinajstić information content (AvgIpc) is 3.02. The normalized spacial score (nSPS) is 11.5. The molecule has 9 heteroatoms. The summed E-state index contributed by atoms with van der Waals surface area (Å²) in [5.74, 6) is -0.678. The van der Waals surface area contributed by atoms with Crippen LogP contribution in [0.15, 0.2) is 48.7 Å². The van der Waals surface area contributed by atoms with Gasteiger partial charge in [-0.2, -0.15) is 5.10 Å². The molecule has 0 unspecified atom stereocenters. The molecule has 0 aliphatic rings. The molecule has 1 N–H and O–H groups in total. The third kappa shape index (κ3) is 4.22. The van der Waals surface area contributed by atoms with Gasteiger partial charge in [-0.15, -0.1) is 0 Å². The Balaban J connectivity index is 2.06. The molecule has 0 aliphatic heterocycles. The number of aromatic nitrogens is 2. The number of carbonyl (C=O) groups excluding carboxylic acids is 1. The van der Waals surface area contributed by atoms with E-state index < -0.39 is 16.2 Å². The Morgan fingerprint density at radius 1 is 1.15 bits per heavy atom. The number of anilines is 1. The van der Waals surface area contributed by atoms with Crippen molar-refractivity contribution in [3.8, 4) is 11.1 Å². The van der Waals surface area contributed by atoms with Gasteiger partial charge in [0, 0.05) is 18.8 Å². The van der Waals surface area contributed by atoms with Gasteiger partial charge in [0.25, 0.3) is 5.91 Å². The maximum Gasteiger partial charge on any atom is 0.302 e. The number of aryl methyl sites for hydroxylation is 1. The first-order chi connectivity index (χ1) is 12.7. The van der Waals surface area contributed by atoms with Gasteiger partial charge in [0.2, 0.25) is 0 Å². The van der Waals surface area contributed by atoms with Crippen LogP contribution in [0.3, 0.4) is 0 Å². The highest BCUT2D eigenvalue weighted by Gasteiger charge is 2.35. The molecular formula is C18H12Cl4FN3O. The highest BCUT2D eigenvalue weighted by molar-refractivity contribution is 6.47. The Morgan fingerprint density at radius 3 is 2.44 bits per heavy atom. The zero-order chi connectivity index (χ0) is 19.8. The van der Waals surface area contributed by atoms with Crippen LogP contribution in [0.4, 0.5) is 10.1 Å². The number of nitrogens with one attached hydrogen (secondary N) is 1. The van der Waals surface area contributed by atoms with Crippen LogP contribution in [0.25, 0.3) is 11.1 Å². The summed E-state index contributed by atoms with van der Waals surface area (Å²) in [5, 5.41) is 6.90. The van der Waals surface area contributed by atoms with Crippen LogP contribution in [0.1, 0.15) is 16.1 Å². The van der Waals surface area contributed by atoms with Crippen molar-refractivity contribution in [1.82, 2.24) is 9.78 Å². The summed E-state index contributed by atoms with van der Waals surface area (Å²) in [5.41, 5.74) is 1.20. The van der Waals surface area contributed by atoms with E-state index in [4.69, 9.17) is 46.4 Å². The third-order valence-corrected chi connectivity index (χ3v) is 4.92. The van der Waals surface area contributed by atoms with Gasteiger partial charge in [-0.1, -0.05) is 82.8 Å². The fraction of sp³-hybridized carbons (Fsp3) is 0.111. The van der Waals surface area contributed by atoms with E-state index in [2.05, 4.69) is 10.4 Å². The summed E-state index contributed by atoms with van der Waals surface area (Å²) in [6, 6.07) is 12.6. The molecule has 2 aromatic carbocycles. The molecule has 0 spiro atoms. The van der Waals surface area contributed by atoms with E-state index >= 15 is 0 Å². The largest absolute Gasteiger partial charge is 0.320 e. The van der Waals surface area contributed by atoms with Crippen LogP contribution in [-0.4, -0.2) is 15.7 Å². The molecule has 0 radical (unpaired) electrons. The van der Waals surface area contributed by atoms with Crippen molar-refractivity contribution in [3.05, 3.63) is 70.0 Å². The Bertz CT molecular complexity index is 1000. The SMILES string of the molecule is Cn1cc(C(=O)Nc2c(-c3ccccc3)ccc(Cl)c2Cl)c(C(F)(Cl)Cl)n1. The molecule has 0 aliphatic carbocycles. The summed E-state index contributed by atoms with van der Waals surface area (Å²) < 4.78 is 12.4. The van der Waals surface area contributed by atoms with Crippen LogP contribution in [-0.2, 0) is 11.6 Å². The summed E-state index contributed by atoms with van der Waals surface area (Å²) in [4.78, 5) is 12.8. The molecular weight excluding hydrogens is 435 g/mol. The minimum Gasteiger partial charge on any atom is -0.320 e. The predicted octanol–water partition coefficient (Wildman–Crippen LogP) is 6.20. The van der Waals surface area contributed by atoms with E-state index in [0.29, 0.717) is 5.56 Å². The molecule has 1 amide bonds. The molecule has 0 saturated heterocycles. The number of halogens is 5. The number of rotatable bonds is 4. The van der Waals surface area contributed by atoms with E-state index in [1.54, 1.807) is 12.1 Å². The predicted molar refractivity (Wildman–Crippen MR) is 108 cm³/mol. The molecule has 0 fully saturated rings. The van der Waals surface area contributed by atoms with Crippen molar-refractivity contribution in [2.45, 2.75) is 4.59 Å². The van der Waals surface area contributed by atoms with Crippen LogP contribution in [0, 0.1) is 0 Å². The molecule has 3 aromatic rings. The minimum absolute atomic E-state index is 0.125. The zero-order valence-corrected chi connectivity index (χ0v) is 16.8. The smallest absolute Gasteiger partial charge is 0.302 e. The molecule has 1 aromatic heterocycles. The molecule has 0 bridgehead atoms. The van der Waals surface area contributed by atoms with Crippen LogP contribution in [0.2, 0.25) is 10.0 Å². The minimum atomic E-state index is -2.83. The van der Waals surface area contributed by atoms with Gasteiger partial charge < -0.3 is 5.32 Å². The van der Waals surface area contributed by atoms with Gasteiger partial charge in [0.15, 0.2) is 0 Å². The number of amides is 1. The molecule has 3 rings (SSSR count). The fourth-order valence-corrected chi connectivity index (χ4v) is 3.22. The number of hydrogen-bond donors (Lipinski definition) is 1. The highest BCUT2D eigenvalue weighted by Crippen LogP contribution is 2.40. The number of hydrogen-bond acceptors (Lipinski definition) is 2. The lowest BCUT2D eigenvalue weighted by atomic mass is 10.0. The van der Waals surface area contributed by atoms with Gasteiger partial charge in [-0.3, -0.25) is 9.48 Å². The lowest BCUT2D eigenvalue weighted by molar-refractivity contribution is 0.102. The lowest BCUT2D eigenvalue weighted by Crippen LogP contribution is -2.17. The molecule has 0 atom stereocenters. The number of benzene rings is 2. The Hall–Kier alpha value is -1.79. The highest BCUT2D eigenvalue weighted by atomic mass is 35.5. The topological polar surface area (TPSA) is 46.9 Å². The summed E-state index contributed by atoms with van der Waals surface area (Å²) in [7, 11) is 1.52. The van der Waals surface area contributed by atoms with Gasteiger partial charge in [-0.05, 0) is 11.6 Å². The van der Waals surface area contributed by atoms with Crippen molar-refractivity contribution in [2.75, 3.05) is 5.32 Å². The monoisotopic (exact) mass is 445 g/mol. The van der Waals surface area contributed by atoms with E-state index in [0.717, 1.165) is 5.56 Å². The maximum absolute atomic E-state index is 14.0. The summed E-state index contributed by atoms with van der Waals surface area (Å²) in [6.07, 6.45) is 1.31.